The molecule has 2 nitrogen and oxygen atoms in total. The molecular weight excluding hydrogens is 210 g/mol. The number of rotatable bonds is 3. The molecule has 0 unspecified atom stereocenters. The third-order valence-corrected chi connectivity index (χ3v) is 2.92. The van der Waals surface area contributed by atoms with E-state index >= 15 is 0 Å². The van der Waals surface area contributed by atoms with Crippen molar-refractivity contribution in [3.8, 4) is 0 Å². The Morgan fingerprint density at radius 1 is 1.24 bits per heavy atom. The Kier molecular flexibility index (Phi) is 4.33. The molecule has 0 saturated heterocycles. The first-order valence-corrected chi connectivity index (χ1v) is 6.24. The van der Waals surface area contributed by atoms with E-state index in [9.17, 15) is 4.79 Å². The third-order valence-electron chi connectivity index (χ3n) is 2.92. The lowest BCUT2D eigenvalue weighted by molar-refractivity contribution is -0.129. The van der Waals surface area contributed by atoms with Crippen molar-refractivity contribution in [1.29, 1.82) is 0 Å². The summed E-state index contributed by atoms with van der Waals surface area (Å²) in [7, 11) is 0. The summed E-state index contributed by atoms with van der Waals surface area (Å²) in [5.41, 5.74) is 2.14. The summed E-state index contributed by atoms with van der Waals surface area (Å²) in [6.45, 7) is 9.93. The van der Waals surface area contributed by atoms with Crippen LogP contribution >= 0.6 is 0 Å². The highest BCUT2D eigenvalue weighted by molar-refractivity contribution is 5.81. The molecular formula is C15H23NO. The third kappa shape index (κ3) is 3.88. The smallest absolute Gasteiger partial charge is 0.225 e. The maximum absolute atomic E-state index is 11.9. The molecule has 0 saturated carbocycles. The summed E-state index contributed by atoms with van der Waals surface area (Å²) in [5, 5.41) is 3.03. The second-order valence-electron chi connectivity index (χ2n) is 5.54. The lowest BCUT2D eigenvalue weighted by Crippen LogP contribution is -2.36. The maximum atomic E-state index is 11.9. The average molecular weight is 233 g/mol. The van der Waals surface area contributed by atoms with Gasteiger partial charge in [-0.3, -0.25) is 4.79 Å². The first-order chi connectivity index (χ1) is 7.84. The Morgan fingerprint density at radius 2 is 1.76 bits per heavy atom. The van der Waals surface area contributed by atoms with Crippen LogP contribution in [-0.4, -0.2) is 5.91 Å². The number of benzene rings is 1. The topological polar surface area (TPSA) is 29.1 Å². The lowest BCUT2D eigenvalue weighted by Gasteiger charge is -2.22. The first kappa shape index (κ1) is 13.8. The molecule has 1 aromatic rings. The van der Waals surface area contributed by atoms with Crippen molar-refractivity contribution < 1.29 is 4.79 Å². The van der Waals surface area contributed by atoms with Gasteiger partial charge >= 0.3 is 0 Å². The fraction of sp³-hybridized carbons (Fsp3) is 0.533. The van der Waals surface area contributed by atoms with E-state index < -0.39 is 0 Å². The van der Waals surface area contributed by atoms with Crippen molar-refractivity contribution in [1.82, 2.24) is 5.32 Å². The van der Waals surface area contributed by atoms with Crippen LogP contribution in [0, 0.1) is 5.41 Å². The molecule has 0 spiro atoms. The van der Waals surface area contributed by atoms with Gasteiger partial charge in [0, 0.05) is 5.41 Å². The summed E-state index contributed by atoms with van der Waals surface area (Å²) in [4.78, 5) is 11.9. The van der Waals surface area contributed by atoms with E-state index in [4.69, 9.17) is 0 Å². The van der Waals surface area contributed by atoms with E-state index in [-0.39, 0.29) is 17.4 Å². The zero-order valence-corrected chi connectivity index (χ0v) is 11.5. The van der Waals surface area contributed by atoms with E-state index in [2.05, 4.69) is 36.5 Å². The molecule has 1 N–H and O–H groups in total. The van der Waals surface area contributed by atoms with Crippen molar-refractivity contribution in [2.24, 2.45) is 5.41 Å². The van der Waals surface area contributed by atoms with Crippen molar-refractivity contribution in [2.75, 3.05) is 0 Å². The molecule has 0 fully saturated rings. The van der Waals surface area contributed by atoms with Gasteiger partial charge in [0.05, 0.1) is 6.04 Å². The summed E-state index contributed by atoms with van der Waals surface area (Å²) in [5.74, 6) is 0.0876. The zero-order chi connectivity index (χ0) is 13.1. The second kappa shape index (κ2) is 5.35. The molecule has 1 atom stereocenters. The molecule has 0 aliphatic carbocycles. The van der Waals surface area contributed by atoms with Crippen molar-refractivity contribution >= 4 is 5.91 Å². The van der Waals surface area contributed by atoms with Crippen molar-refractivity contribution in [3.63, 3.8) is 0 Å². The largest absolute Gasteiger partial charge is 0.349 e. The van der Waals surface area contributed by atoms with E-state index in [1.807, 2.05) is 27.7 Å². The van der Waals surface area contributed by atoms with Crippen LogP contribution in [0.1, 0.15) is 51.8 Å². The molecule has 1 aromatic carbocycles. The van der Waals surface area contributed by atoms with Gasteiger partial charge in [0.2, 0.25) is 5.91 Å². The van der Waals surface area contributed by atoms with Gasteiger partial charge in [0.15, 0.2) is 0 Å². The SMILES string of the molecule is CCc1ccc([C@@H](C)NC(=O)C(C)(C)C)cc1. The summed E-state index contributed by atoms with van der Waals surface area (Å²) in [6, 6.07) is 8.48. The van der Waals surface area contributed by atoms with Crippen LogP contribution in [0.2, 0.25) is 0 Å². The first-order valence-electron chi connectivity index (χ1n) is 6.24. The van der Waals surface area contributed by atoms with E-state index in [1.165, 1.54) is 5.56 Å². The van der Waals surface area contributed by atoms with E-state index in [0.29, 0.717) is 0 Å². The number of hydrogen-bond acceptors (Lipinski definition) is 1. The Bertz CT molecular complexity index is 373. The van der Waals surface area contributed by atoms with Crippen LogP contribution in [-0.2, 0) is 11.2 Å². The normalized spacial score (nSPS) is 13.2. The number of carbonyl (C=O) groups is 1. The number of hydrogen-bond donors (Lipinski definition) is 1. The standard InChI is InChI=1S/C15H23NO/c1-6-12-7-9-13(10-8-12)11(2)16-14(17)15(3,4)5/h7-11H,6H2,1-5H3,(H,16,17)/t11-/m1/s1. The minimum absolute atomic E-state index is 0.0626. The Morgan fingerprint density at radius 3 is 2.18 bits per heavy atom. The van der Waals surface area contributed by atoms with Crippen molar-refractivity contribution in [3.05, 3.63) is 35.4 Å². The Balaban J connectivity index is 2.70. The molecule has 0 aliphatic heterocycles. The van der Waals surface area contributed by atoms with Gasteiger partial charge in [0.1, 0.15) is 0 Å². The molecule has 0 aromatic heterocycles. The van der Waals surface area contributed by atoms with Gasteiger partial charge in [-0.25, -0.2) is 0 Å². The molecule has 17 heavy (non-hydrogen) atoms. The van der Waals surface area contributed by atoms with Gasteiger partial charge in [0.25, 0.3) is 0 Å². The molecule has 0 bridgehead atoms. The fourth-order valence-electron chi connectivity index (χ4n) is 1.54. The summed E-state index contributed by atoms with van der Waals surface area (Å²) < 4.78 is 0. The number of nitrogens with one attached hydrogen (secondary N) is 1. The highest BCUT2D eigenvalue weighted by Gasteiger charge is 2.22. The van der Waals surface area contributed by atoms with E-state index in [1.54, 1.807) is 0 Å². The molecule has 1 rings (SSSR count). The van der Waals surface area contributed by atoms with Gasteiger partial charge in [-0.05, 0) is 24.5 Å². The van der Waals surface area contributed by atoms with Gasteiger partial charge in [-0.1, -0.05) is 52.0 Å². The minimum atomic E-state index is -0.336. The molecule has 0 aliphatic rings. The Hall–Kier alpha value is -1.31. The van der Waals surface area contributed by atoms with Crippen LogP contribution in [0.15, 0.2) is 24.3 Å². The highest BCUT2D eigenvalue weighted by atomic mass is 16.2. The Labute approximate surface area is 104 Å². The van der Waals surface area contributed by atoms with E-state index in [0.717, 1.165) is 12.0 Å². The number of aryl methyl sites for hydroxylation is 1. The van der Waals surface area contributed by atoms with Gasteiger partial charge in [-0.2, -0.15) is 0 Å². The molecule has 94 valence electrons. The monoisotopic (exact) mass is 233 g/mol. The number of carbonyl (C=O) groups excluding carboxylic acids is 1. The zero-order valence-electron chi connectivity index (χ0n) is 11.5. The minimum Gasteiger partial charge on any atom is -0.349 e. The van der Waals surface area contributed by atoms with Gasteiger partial charge < -0.3 is 5.32 Å². The van der Waals surface area contributed by atoms with Gasteiger partial charge in [-0.15, -0.1) is 0 Å². The van der Waals surface area contributed by atoms with Crippen LogP contribution in [0.25, 0.3) is 0 Å². The van der Waals surface area contributed by atoms with Crippen LogP contribution in [0.3, 0.4) is 0 Å². The quantitative estimate of drug-likeness (QED) is 0.851. The second-order valence-corrected chi connectivity index (χ2v) is 5.54. The van der Waals surface area contributed by atoms with Crippen molar-refractivity contribution in [2.45, 2.75) is 47.1 Å². The van der Waals surface area contributed by atoms with Crippen LogP contribution < -0.4 is 5.32 Å². The van der Waals surface area contributed by atoms with Crippen LogP contribution in [0.5, 0.6) is 0 Å². The summed E-state index contributed by atoms with van der Waals surface area (Å²) >= 11 is 0. The predicted octanol–water partition coefficient (Wildman–Crippen LogP) is 3.47. The highest BCUT2D eigenvalue weighted by Crippen LogP contribution is 2.18. The predicted molar refractivity (Wildman–Crippen MR) is 71.8 cm³/mol. The summed E-state index contributed by atoms with van der Waals surface area (Å²) in [6.07, 6.45) is 1.04. The number of amides is 1. The lowest BCUT2D eigenvalue weighted by atomic mass is 9.94. The average Bonchev–Trinajstić information content (AvgIpc) is 2.27. The molecule has 2 heteroatoms. The molecule has 0 radical (unpaired) electrons. The van der Waals surface area contributed by atoms with Crippen LogP contribution in [0.4, 0.5) is 0 Å². The maximum Gasteiger partial charge on any atom is 0.225 e. The molecule has 0 heterocycles. The molecule has 1 amide bonds. The fourth-order valence-corrected chi connectivity index (χ4v) is 1.54.